The molecule has 0 radical (unpaired) electrons. The molecular weight excluding hydrogens is 390 g/mol. The van der Waals surface area contributed by atoms with Gasteiger partial charge in [-0.1, -0.05) is 24.3 Å². The molecule has 2 aliphatic rings. The van der Waals surface area contributed by atoms with Gasteiger partial charge in [0.15, 0.2) is 5.82 Å². The smallest absolute Gasteiger partial charge is 0.313 e. The van der Waals surface area contributed by atoms with Crippen LogP contribution in [-0.4, -0.2) is 48.3 Å². The first kappa shape index (κ1) is 20.0. The molecule has 154 valence electrons. The average Bonchev–Trinajstić information content (AvgIpc) is 3.05. The number of carboxylic acids is 1. The van der Waals surface area contributed by atoms with Gasteiger partial charge in [0.2, 0.25) is 0 Å². The van der Waals surface area contributed by atoms with Crippen LogP contribution < -0.4 is 5.32 Å². The van der Waals surface area contributed by atoms with E-state index in [1.54, 1.807) is 26.0 Å². The number of hydrogen-bond donors (Lipinski definition) is 3. The predicted octanol–water partition coefficient (Wildman–Crippen LogP) is 2.50. The topological polar surface area (TPSA) is 112 Å². The van der Waals surface area contributed by atoms with E-state index in [0.29, 0.717) is 34.3 Å². The largest absolute Gasteiger partial charge is 0.481 e. The van der Waals surface area contributed by atoms with Gasteiger partial charge in [-0.3, -0.25) is 9.00 Å². The number of aryl methyl sites for hydroxylation is 1. The molecular formula is C21H25N3O4S. The number of carbonyl (C=O) groups is 1. The molecule has 0 saturated heterocycles. The molecule has 2 heterocycles. The molecule has 1 aromatic heterocycles. The van der Waals surface area contributed by atoms with E-state index in [1.807, 2.05) is 12.1 Å². The fourth-order valence-electron chi connectivity index (χ4n) is 3.75. The second-order valence-corrected chi connectivity index (χ2v) is 9.90. The lowest BCUT2D eigenvalue weighted by molar-refractivity contribution is -0.142. The van der Waals surface area contributed by atoms with Gasteiger partial charge in [-0.05, 0) is 38.7 Å². The number of benzene rings is 1. The number of aliphatic hydroxyl groups is 1. The summed E-state index contributed by atoms with van der Waals surface area (Å²) in [5.41, 5.74) is 0.853. The number of aliphatic hydroxyl groups excluding tert-OH is 1. The Morgan fingerprint density at radius 2 is 1.93 bits per heavy atom. The number of aliphatic carboxylic acids is 1. The van der Waals surface area contributed by atoms with Gasteiger partial charge in [-0.25, -0.2) is 9.97 Å². The van der Waals surface area contributed by atoms with Gasteiger partial charge >= 0.3 is 5.97 Å². The standard InChI is InChI=1S/C21H25N3O4S/c1-20(2,19(26)27)14-6-4-13(5-7-14)17-22-15-8-11-29(28)16(15)18(23-17)24-21(12-25)9-3-10-21/h4-7,25H,3,8-12H2,1-2H3,(H,26,27)(H,22,23,24)/t29-/m1/s1. The summed E-state index contributed by atoms with van der Waals surface area (Å²) < 4.78 is 12.5. The first-order chi connectivity index (χ1) is 13.8. The Balaban J connectivity index is 1.72. The van der Waals surface area contributed by atoms with Crippen molar-refractivity contribution in [1.29, 1.82) is 0 Å². The summed E-state index contributed by atoms with van der Waals surface area (Å²) in [4.78, 5) is 21.4. The summed E-state index contributed by atoms with van der Waals surface area (Å²) in [6.45, 7) is 3.34. The molecule has 8 heteroatoms. The number of aromatic nitrogens is 2. The summed E-state index contributed by atoms with van der Waals surface area (Å²) in [6.07, 6.45) is 3.37. The van der Waals surface area contributed by atoms with Crippen LogP contribution in [0.1, 0.15) is 44.4 Å². The van der Waals surface area contributed by atoms with Crippen molar-refractivity contribution in [2.45, 2.75) is 55.4 Å². The van der Waals surface area contributed by atoms with Crippen LogP contribution in [-0.2, 0) is 27.4 Å². The van der Waals surface area contributed by atoms with Gasteiger partial charge in [-0.15, -0.1) is 0 Å². The molecule has 0 bridgehead atoms. The van der Waals surface area contributed by atoms with Crippen molar-refractivity contribution in [1.82, 2.24) is 9.97 Å². The zero-order valence-corrected chi connectivity index (χ0v) is 17.4. The third-order valence-electron chi connectivity index (χ3n) is 6.08. The highest BCUT2D eigenvalue weighted by Gasteiger charge is 2.39. The van der Waals surface area contributed by atoms with Gasteiger partial charge in [0.25, 0.3) is 0 Å². The third kappa shape index (κ3) is 3.44. The Labute approximate surface area is 172 Å². The minimum atomic E-state index is -1.14. The molecule has 1 fully saturated rings. The summed E-state index contributed by atoms with van der Waals surface area (Å²) in [5, 5.41) is 22.6. The normalized spacial score (nSPS) is 20.0. The van der Waals surface area contributed by atoms with Crippen molar-refractivity contribution in [2.24, 2.45) is 0 Å². The highest BCUT2D eigenvalue weighted by atomic mass is 32.2. The monoisotopic (exact) mass is 415 g/mol. The van der Waals surface area contributed by atoms with Crippen LogP contribution in [0.5, 0.6) is 0 Å². The summed E-state index contributed by atoms with van der Waals surface area (Å²) in [5.74, 6) is 0.699. The lowest BCUT2D eigenvalue weighted by Crippen LogP contribution is -2.48. The number of nitrogens with one attached hydrogen (secondary N) is 1. The first-order valence-electron chi connectivity index (χ1n) is 9.78. The molecule has 3 N–H and O–H groups in total. The van der Waals surface area contributed by atoms with E-state index in [-0.39, 0.29) is 6.61 Å². The highest BCUT2D eigenvalue weighted by Crippen LogP contribution is 2.38. The molecule has 0 spiro atoms. The number of anilines is 1. The maximum absolute atomic E-state index is 12.5. The molecule has 29 heavy (non-hydrogen) atoms. The second kappa shape index (κ2) is 7.18. The zero-order chi connectivity index (χ0) is 20.8. The number of carboxylic acid groups (broad SMARTS) is 1. The quantitative estimate of drug-likeness (QED) is 0.664. The van der Waals surface area contributed by atoms with Crippen molar-refractivity contribution in [3.05, 3.63) is 35.5 Å². The van der Waals surface area contributed by atoms with Crippen molar-refractivity contribution >= 4 is 22.6 Å². The van der Waals surface area contributed by atoms with E-state index in [9.17, 15) is 19.2 Å². The molecule has 0 unspecified atom stereocenters. The van der Waals surface area contributed by atoms with E-state index in [2.05, 4.69) is 15.3 Å². The fourth-order valence-corrected chi connectivity index (χ4v) is 5.05. The number of fused-ring (bicyclic) bond motifs is 1. The van der Waals surface area contributed by atoms with Crippen LogP contribution in [0.3, 0.4) is 0 Å². The molecule has 1 aromatic carbocycles. The molecule has 1 atom stereocenters. The zero-order valence-electron chi connectivity index (χ0n) is 16.6. The van der Waals surface area contributed by atoms with Crippen LogP contribution in [0.15, 0.2) is 29.2 Å². The van der Waals surface area contributed by atoms with E-state index in [1.165, 1.54) is 0 Å². The Hall–Kier alpha value is -2.32. The number of rotatable bonds is 6. The summed E-state index contributed by atoms with van der Waals surface area (Å²) >= 11 is 0. The Morgan fingerprint density at radius 3 is 2.48 bits per heavy atom. The molecule has 4 rings (SSSR count). The minimum absolute atomic E-state index is 0.00666. The molecule has 2 aromatic rings. The van der Waals surface area contributed by atoms with Crippen LogP contribution in [0.4, 0.5) is 5.82 Å². The fraction of sp³-hybridized carbons (Fsp3) is 0.476. The average molecular weight is 416 g/mol. The number of hydrogen-bond acceptors (Lipinski definition) is 6. The maximum Gasteiger partial charge on any atom is 0.313 e. The SMILES string of the molecule is CC(C)(C(=O)O)c1ccc(-c2nc3c(c(NC4(CO)CCC4)n2)[S@](=O)CC3)cc1. The molecule has 0 amide bonds. The van der Waals surface area contributed by atoms with Gasteiger partial charge < -0.3 is 15.5 Å². The van der Waals surface area contributed by atoms with Crippen LogP contribution in [0.2, 0.25) is 0 Å². The predicted molar refractivity (Wildman–Crippen MR) is 110 cm³/mol. The second-order valence-electron chi connectivity index (χ2n) is 8.40. The molecule has 1 aliphatic heterocycles. The Kier molecular flexibility index (Phi) is 4.94. The van der Waals surface area contributed by atoms with Gasteiger partial charge in [0, 0.05) is 17.7 Å². The van der Waals surface area contributed by atoms with Crippen LogP contribution in [0, 0.1) is 0 Å². The van der Waals surface area contributed by atoms with Crippen LogP contribution >= 0.6 is 0 Å². The minimum Gasteiger partial charge on any atom is -0.481 e. The van der Waals surface area contributed by atoms with Gasteiger partial charge in [-0.2, -0.15) is 0 Å². The first-order valence-corrected chi connectivity index (χ1v) is 11.1. The van der Waals surface area contributed by atoms with Crippen molar-refractivity contribution in [3.63, 3.8) is 0 Å². The highest BCUT2D eigenvalue weighted by molar-refractivity contribution is 7.85. The Bertz CT molecular complexity index is 979. The maximum atomic E-state index is 12.5. The van der Waals surface area contributed by atoms with Crippen molar-refractivity contribution < 1.29 is 19.2 Å². The van der Waals surface area contributed by atoms with Crippen molar-refractivity contribution in [3.8, 4) is 11.4 Å². The summed E-state index contributed by atoms with van der Waals surface area (Å²) in [7, 11) is -1.14. The van der Waals surface area contributed by atoms with Crippen molar-refractivity contribution in [2.75, 3.05) is 17.7 Å². The molecule has 1 aliphatic carbocycles. The third-order valence-corrected chi connectivity index (χ3v) is 7.54. The van der Waals surface area contributed by atoms with E-state index >= 15 is 0 Å². The number of nitrogens with zero attached hydrogens (tertiary/aromatic N) is 2. The van der Waals surface area contributed by atoms with E-state index in [0.717, 1.165) is 30.5 Å². The lowest BCUT2D eigenvalue weighted by atomic mass is 9.77. The Morgan fingerprint density at radius 1 is 1.24 bits per heavy atom. The van der Waals surface area contributed by atoms with E-state index < -0.39 is 27.7 Å². The lowest BCUT2D eigenvalue weighted by Gasteiger charge is -2.41. The van der Waals surface area contributed by atoms with E-state index in [4.69, 9.17) is 0 Å². The van der Waals surface area contributed by atoms with Gasteiger partial charge in [0.05, 0.1) is 34.1 Å². The molecule has 7 nitrogen and oxygen atoms in total. The van der Waals surface area contributed by atoms with Gasteiger partial charge in [0.1, 0.15) is 10.7 Å². The summed E-state index contributed by atoms with van der Waals surface area (Å²) in [6, 6.07) is 7.21. The molecule has 1 saturated carbocycles. The van der Waals surface area contributed by atoms with Crippen LogP contribution in [0.25, 0.3) is 11.4 Å².